The highest BCUT2D eigenvalue weighted by Gasteiger charge is 2.42. The summed E-state index contributed by atoms with van der Waals surface area (Å²) in [5.41, 5.74) is 5.48. The number of primary amides is 1. The summed E-state index contributed by atoms with van der Waals surface area (Å²) in [6, 6.07) is 5.29. The van der Waals surface area contributed by atoms with Crippen molar-refractivity contribution >= 4 is 23.8 Å². The van der Waals surface area contributed by atoms with Crippen LogP contribution < -0.4 is 16.4 Å². The molecule has 9 heteroatoms. The van der Waals surface area contributed by atoms with Crippen LogP contribution in [0.5, 0.6) is 0 Å². The minimum atomic E-state index is -1.13. The molecule has 0 aliphatic heterocycles. The Morgan fingerprint density at radius 3 is 1.94 bits per heavy atom. The lowest BCUT2D eigenvalue weighted by molar-refractivity contribution is -0.148. The Labute approximate surface area is 215 Å². The third kappa shape index (κ3) is 9.87. The van der Waals surface area contributed by atoms with Gasteiger partial charge in [0.2, 0.25) is 17.7 Å². The van der Waals surface area contributed by atoms with Crippen LogP contribution in [0.2, 0.25) is 0 Å². The molecular formula is C27H44N4O5. The number of carbonyl (C=O) groups excluding carboxylic acids is 4. The van der Waals surface area contributed by atoms with E-state index in [0.717, 1.165) is 12.0 Å². The molecule has 1 aromatic carbocycles. The largest absolute Gasteiger partial charge is 0.444 e. The van der Waals surface area contributed by atoms with Crippen molar-refractivity contribution in [2.24, 2.45) is 5.73 Å². The fourth-order valence-corrected chi connectivity index (χ4v) is 3.72. The van der Waals surface area contributed by atoms with Crippen molar-refractivity contribution in [1.82, 2.24) is 15.5 Å². The van der Waals surface area contributed by atoms with E-state index in [9.17, 15) is 19.2 Å². The zero-order chi connectivity index (χ0) is 27.8. The van der Waals surface area contributed by atoms with Crippen molar-refractivity contribution < 1.29 is 23.9 Å². The lowest BCUT2D eigenvalue weighted by atomic mass is 9.94. The van der Waals surface area contributed by atoms with E-state index in [2.05, 4.69) is 10.6 Å². The van der Waals surface area contributed by atoms with Crippen LogP contribution in [0.25, 0.3) is 0 Å². The summed E-state index contributed by atoms with van der Waals surface area (Å²) in [5, 5.41) is 5.51. The van der Waals surface area contributed by atoms with Crippen LogP contribution in [0.3, 0.4) is 0 Å². The third-order valence-electron chi connectivity index (χ3n) is 5.27. The van der Waals surface area contributed by atoms with Gasteiger partial charge in [0, 0.05) is 18.0 Å². The van der Waals surface area contributed by atoms with Gasteiger partial charge in [0.25, 0.3) is 0 Å². The molecule has 1 aromatic rings. The van der Waals surface area contributed by atoms with Crippen LogP contribution >= 0.6 is 0 Å². The fourth-order valence-electron chi connectivity index (χ4n) is 3.72. The number of ether oxygens (including phenoxy) is 1. The number of carbonyl (C=O) groups is 4. The van der Waals surface area contributed by atoms with E-state index in [1.54, 1.807) is 20.8 Å². The molecule has 0 fully saturated rings. The van der Waals surface area contributed by atoms with E-state index in [0.29, 0.717) is 5.56 Å². The summed E-state index contributed by atoms with van der Waals surface area (Å²) in [6.07, 6.45) is -0.124. The molecule has 0 aliphatic carbocycles. The molecule has 0 spiro atoms. The first-order valence-electron chi connectivity index (χ1n) is 12.5. The maximum Gasteiger partial charge on any atom is 0.408 e. The highest BCUT2D eigenvalue weighted by Crippen LogP contribution is 2.31. The predicted octanol–water partition coefficient (Wildman–Crippen LogP) is 3.60. The summed E-state index contributed by atoms with van der Waals surface area (Å²) in [4.78, 5) is 53.2. The van der Waals surface area contributed by atoms with Gasteiger partial charge >= 0.3 is 6.09 Å². The Balaban J connectivity index is 3.56. The molecule has 0 heterocycles. The van der Waals surface area contributed by atoms with Gasteiger partial charge in [0.15, 0.2) is 0 Å². The van der Waals surface area contributed by atoms with Gasteiger partial charge in [-0.05, 0) is 79.4 Å². The van der Waals surface area contributed by atoms with Gasteiger partial charge in [0.05, 0.1) is 0 Å². The van der Waals surface area contributed by atoms with Crippen molar-refractivity contribution in [3.63, 3.8) is 0 Å². The van der Waals surface area contributed by atoms with E-state index in [1.165, 1.54) is 4.90 Å². The average Bonchev–Trinajstić information content (AvgIpc) is 2.71. The number of hydrogen-bond donors (Lipinski definition) is 3. The zero-order valence-electron chi connectivity index (χ0n) is 23.2. The predicted molar refractivity (Wildman–Crippen MR) is 140 cm³/mol. The van der Waals surface area contributed by atoms with E-state index < -0.39 is 41.1 Å². The van der Waals surface area contributed by atoms with Crippen molar-refractivity contribution in [3.05, 3.63) is 35.4 Å². The van der Waals surface area contributed by atoms with Crippen LogP contribution in [-0.4, -0.2) is 51.9 Å². The molecule has 0 saturated heterocycles. The van der Waals surface area contributed by atoms with Crippen molar-refractivity contribution in [3.8, 4) is 0 Å². The number of alkyl carbamates (subject to hydrolysis) is 1. The van der Waals surface area contributed by atoms with Crippen LogP contribution in [0.4, 0.5) is 4.79 Å². The summed E-state index contributed by atoms with van der Waals surface area (Å²) in [5.74, 6) is -1.47. The second-order valence-electron chi connectivity index (χ2n) is 11.2. The molecular weight excluding hydrogens is 460 g/mol. The van der Waals surface area contributed by atoms with Crippen LogP contribution in [-0.2, 0) is 25.5 Å². The first-order valence-corrected chi connectivity index (χ1v) is 12.5. The molecule has 2 atom stereocenters. The highest BCUT2D eigenvalue weighted by molar-refractivity contribution is 5.93. The molecule has 0 aromatic heterocycles. The number of nitrogens with zero attached hydrogens (tertiary/aromatic N) is 1. The molecule has 4 amide bonds. The Hall–Kier alpha value is -3.10. The minimum Gasteiger partial charge on any atom is -0.444 e. The lowest BCUT2D eigenvalue weighted by Crippen LogP contribution is -2.59. The fraction of sp³-hybridized carbons (Fsp3) is 0.630. The third-order valence-corrected chi connectivity index (χ3v) is 5.27. The highest BCUT2D eigenvalue weighted by atomic mass is 16.6. The van der Waals surface area contributed by atoms with Gasteiger partial charge in [-0.2, -0.15) is 0 Å². The second-order valence-corrected chi connectivity index (χ2v) is 11.2. The van der Waals surface area contributed by atoms with Gasteiger partial charge in [0.1, 0.15) is 17.7 Å². The number of amides is 4. The van der Waals surface area contributed by atoms with Crippen LogP contribution in [0.1, 0.15) is 92.3 Å². The van der Waals surface area contributed by atoms with Crippen LogP contribution in [0, 0.1) is 0 Å². The molecule has 4 N–H and O–H groups in total. The van der Waals surface area contributed by atoms with Gasteiger partial charge in [-0.15, -0.1) is 0 Å². The SMILES string of the molecule is CCc1ccc(C(C(=O)NC(C)C)N(C(=O)C(CCC(N)=O)NC(=O)OC(C)(C)C)C(C)(C)C)cc1. The number of aryl methyl sites for hydroxylation is 1. The monoisotopic (exact) mass is 504 g/mol. The quantitative estimate of drug-likeness (QED) is 0.448. The van der Waals surface area contributed by atoms with E-state index >= 15 is 0 Å². The average molecular weight is 505 g/mol. The lowest BCUT2D eigenvalue weighted by Gasteiger charge is -2.43. The molecule has 2 unspecified atom stereocenters. The summed E-state index contributed by atoms with van der Waals surface area (Å²) >= 11 is 0. The second kappa shape index (κ2) is 12.7. The van der Waals surface area contributed by atoms with E-state index in [4.69, 9.17) is 10.5 Å². The molecule has 36 heavy (non-hydrogen) atoms. The Bertz CT molecular complexity index is 914. The van der Waals surface area contributed by atoms with Crippen molar-refractivity contribution in [2.75, 3.05) is 0 Å². The van der Waals surface area contributed by atoms with Crippen LogP contribution in [0.15, 0.2) is 24.3 Å². The number of rotatable bonds is 10. The number of benzene rings is 1. The summed E-state index contributed by atoms with van der Waals surface area (Å²) in [7, 11) is 0. The Morgan fingerprint density at radius 1 is 0.972 bits per heavy atom. The zero-order valence-corrected chi connectivity index (χ0v) is 23.2. The smallest absolute Gasteiger partial charge is 0.408 e. The van der Waals surface area contributed by atoms with Gasteiger partial charge in [-0.1, -0.05) is 31.2 Å². The first-order chi connectivity index (χ1) is 16.5. The summed E-state index contributed by atoms with van der Waals surface area (Å²) < 4.78 is 5.35. The molecule has 202 valence electrons. The van der Waals surface area contributed by atoms with E-state index in [1.807, 2.05) is 65.8 Å². The molecule has 0 aliphatic rings. The van der Waals surface area contributed by atoms with Gasteiger partial charge in [-0.3, -0.25) is 14.4 Å². The van der Waals surface area contributed by atoms with Crippen molar-refractivity contribution in [1.29, 1.82) is 0 Å². The molecule has 0 radical (unpaired) electrons. The van der Waals surface area contributed by atoms with Gasteiger partial charge in [-0.25, -0.2) is 4.79 Å². The molecule has 9 nitrogen and oxygen atoms in total. The van der Waals surface area contributed by atoms with Crippen molar-refractivity contribution in [2.45, 2.75) is 111 Å². The maximum atomic E-state index is 14.1. The number of hydrogen-bond acceptors (Lipinski definition) is 5. The maximum absolute atomic E-state index is 14.1. The standard InChI is InChI=1S/C27H44N4O5/c1-10-18-11-13-19(14-12-18)22(23(33)29-17(2)3)31(26(4,5)6)24(34)20(15-16-21(28)32)30-25(35)36-27(7,8)9/h11-14,17,20,22H,10,15-16H2,1-9H3,(H2,28,32)(H,29,33)(H,30,35). The Kier molecular flexibility index (Phi) is 10.9. The molecule has 0 saturated carbocycles. The summed E-state index contributed by atoms with van der Waals surface area (Å²) in [6.45, 7) is 16.3. The van der Waals surface area contributed by atoms with E-state index in [-0.39, 0.29) is 24.8 Å². The first kappa shape index (κ1) is 30.9. The van der Waals surface area contributed by atoms with Gasteiger partial charge < -0.3 is 26.0 Å². The normalized spacial score (nSPS) is 13.5. The molecule has 1 rings (SSSR count). The minimum absolute atomic E-state index is 0.0344. The number of nitrogens with one attached hydrogen (secondary N) is 2. The molecule has 0 bridgehead atoms. The Morgan fingerprint density at radius 2 is 1.53 bits per heavy atom. The topological polar surface area (TPSA) is 131 Å². The number of nitrogens with two attached hydrogens (primary N) is 1.